The fourth-order valence-corrected chi connectivity index (χ4v) is 3.58. The summed E-state index contributed by atoms with van der Waals surface area (Å²) in [5, 5.41) is 8.27. The summed E-state index contributed by atoms with van der Waals surface area (Å²) in [6.07, 6.45) is 5.72. The van der Waals surface area contributed by atoms with Gasteiger partial charge in [0.2, 0.25) is 0 Å². The number of halogens is 1. The molecular weight excluding hydrogens is 372 g/mol. The van der Waals surface area contributed by atoms with E-state index < -0.39 is 0 Å². The van der Waals surface area contributed by atoms with E-state index in [1.54, 1.807) is 29.6 Å². The average Bonchev–Trinajstić information content (AvgIpc) is 3.12. The number of benzene rings is 1. The molecule has 3 rings (SSSR count). The number of nitrogens with two attached hydrogens (primary N) is 1. The SMILES string of the molecule is Cl.NCc1nc(C(=O)Nc2ccc(C(=O)NC3CCCCC3)cc2)cs1. The number of aromatic nitrogens is 1. The van der Waals surface area contributed by atoms with Gasteiger partial charge < -0.3 is 16.4 Å². The fraction of sp³-hybridized carbons (Fsp3) is 0.389. The molecule has 1 aliphatic carbocycles. The van der Waals surface area contributed by atoms with E-state index >= 15 is 0 Å². The van der Waals surface area contributed by atoms with Crippen LogP contribution >= 0.6 is 23.7 Å². The first kappa shape index (κ1) is 20.4. The average molecular weight is 395 g/mol. The van der Waals surface area contributed by atoms with Gasteiger partial charge in [0.25, 0.3) is 11.8 Å². The number of carbonyl (C=O) groups excluding carboxylic acids is 2. The minimum Gasteiger partial charge on any atom is -0.349 e. The molecule has 2 aromatic rings. The summed E-state index contributed by atoms with van der Waals surface area (Å²) in [5.41, 5.74) is 7.08. The van der Waals surface area contributed by atoms with E-state index in [0.29, 0.717) is 23.5 Å². The largest absolute Gasteiger partial charge is 0.349 e. The molecular formula is C18H23ClN4O2S. The Labute approximate surface area is 163 Å². The van der Waals surface area contributed by atoms with Gasteiger partial charge in [-0.1, -0.05) is 19.3 Å². The van der Waals surface area contributed by atoms with Crippen LogP contribution in [-0.2, 0) is 6.54 Å². The van der Waals surface area contributed by atoms with Crippen molar-refractivity contribution in [1.29, 1.82) is 0 Å². The van der Waals surface area contributed by atoms with Gasteiger partial charge in [0.1, 0.15) is 10.7 Å². The number of amides is 2. The highest BCUT2D eigenvalue weighted by Crippen LogP contribution is 2.18. The maximum absolute atomic E-state index is 12.3. The van der Waals surface area contributed by atoms with E-state index in [4.69, 9.17) is 5.73 Å². The third-order valence-corrected chi connectivity index (χ3v) is 5.18. The van der Waals surface area contributed by atoms with Crippen molar-refractivity contribution in [2.45, 2.75) is 44.7 Å². The highest BCUT2D eigenvalue weighted by atomic mass is 35.5. The van der Waals surface area contributed by atoms with Crippen LogP contribution < -0.4 is 16.4 Å². The van der Waals surface area contributed by atoms with Crippen LogP contribution in [0.15, 0.2) is 29.6 Å². The molecule has 1 heterocycles. The van der Waals surface area contributed by atoms with E-state index in [-0.39, 0.29) is 30.3 Å². The van der Waals surface area contributed by atoms with Crippen molar-refractivity contribution in [3.8, 4) is 0 Å². The molecule has 1 saturated carbocycles. The summed E-state index contributed by atoms with van der Waals surface area (Å²) in [6, 6.07) is 7.18. The maximum Gasteiger partial charge on any atom is 0.275 e. The van der Waals surface area contributed by atoms with Gasteiger partial charge in [-0.15, -0.1) is 23.7 Å². The van der Waals surface area contributed by atoms with Crippen LogP contribution in [0.25, 0.3) is 0 Å². The highest BCUT2D eigenvalue weighted by Gasteiger charge is 2.17. The van der Waals surface area contributed by atoms with Crippen LogP contribution in [0.1, 0.15) is 58.0 Å². The lowest BCUT2D eigenvalue weighted by atomic mass is 9.95. The smallest absolute Gasteiger partial charge is 0.275 e. The number of hydrogen-bond donors (Lipinski definition) is 3. The standard InChI is InChI=1S/C18H22N4O2S.ClH/c19-10-16-22-15(11-25-16)18(24)21-14-8-6-12(7-9-14)17(23)20-13-4-2-1-3-5-13;/h6-9,11,13H,1-5,10,19H2,(H,20,23)(H,21,24);1H. The summed E-state index contributed by atoms with van der Waals surface area (Å²) >= 11 is 1.36. The molecule has 6 nitrogen and oxygen atoms in total. The Hall–Kier alpha value is -1.96. The van der Waals surface area contributed by atoms with E-state index in [1.165, 1.54) is 30.6 Å². The Kier molecular flexibility index (Phi) is 7.56. The van der Waals surface area contributed by atoms with Gasteiger partial charge >= 0.3 is 0 Å². The van der Waals surface area contributed by atoms with Gasteiger partial charge in [-0.05, 0) is 37.1 Å². The quantitative estimate of drug-likeness (QED) is 0.724. The summed E-state index contributed by atoms with van der Waals surface area (Å²) in [4.78, 5) is 28.6. The van der Waals surface area contributed by atoms with Gasteiger partial charge in [0, 0.05) is 29.2 Å². The predicted octanol–water partition coefficient (Wildman–Crippen LogP) is 3.34. The first-order chi connectivity index (χ1) is 12.2. The zero-order chi connectivity index (χ0) is 17.6. The number of thiazole rings is 1. The fourth-order valence-electron chi connectivity index (χ4n) is 2.92. The zero-order valence-electron chi connectivity index (χ0n) is 14.4. The third-order valence-electron chi connectivity index (χ3n) is 4.30. The molecule has 0 radical (unpaired) electrons. The van der Waals surface area contributed by atoms with Crippen LogP contribution in [0.3, 0.4) is 0 Å². The molecule has 0 spiro atoms. The summed E-state index contributed by atoms with van der Waals surface area (Å²) in [5.74, 6) is -0.341. The number of hydrogen-bond acceptors (Lipinski definition) is 5. The third kappa shape index (κ3) is 5.27. The molecule has 0 atom stereocenters. The Morgan fingerprint density at radius 3 is 2.42 bits per heavy atom. The predicted molar refractivity (Wildman–Crippen MR) is 106 cm³/mol. The number of carbonyl (C=O) groups is 2. The van der Waals surface area contributed by atoms with E-state index in [9.17, 15) is 9.59 Å². The number of nitrogens with one attached hydrogen (secondary N) is 2. The van der Waals surface area contributed by atoms with E-state index in [2.05, 4.69) is 15.6 Å². The molecule has 1 aliphatic rings. The van der Waals surface area contributed by atoms with Crippen molar-refractivity contribution >= 4 is 41.2 Å². The van der Waals surface area contributed by atoms with E-state index in [0.717, 1.165) is 17.8 Å². The molecule has 26 heavy (non-hydrogen) atoms. The van der Waals surface area contributed by atoms with Gasteiger partial charge in [0.05, 0.1) is 0 Å². The van der Waals surface area contributed by atoms with Crippen LogP contribution in [0.2, 0.25) is 0 Å². The molecule has 140 valence electrons. The van der Waals surface area contributed by atoms with Crippen molar-refractivity contribution in [1.82, 2.24) is 10.3 Å². The molecule has 4 N–H and O–H groups in total. The second-order valence-corrected chi connectivity index (χ2v) is 7.11. The number of rotatable bonds is 5. The molecule has 1 aromatic heterocycles. The minimum atomic E-state index is -0.282. The lowest BCUT2D eigenvalue weighted by molar-refractivity contribution is 0.0927. The van der Waals surface area contributed by atoms with Crippen LogP contribution in [0.4, 0.5) is 5.69 Å². The summed E-state index contributed by atoms with van der Waals surface area (Å²) in [7, 11) is 0. The molecule has 1 aromatic carbocycles. The van der Waals surface area contributed by atoms with Gasteiger partial charge in [0.15, 0.2) is 0 Å². The second-order valence-electron chi connectivity index (χ2n) is 6.17. The molecule has 0 aliphatic heterocycles. The molecule has 0 bridgehead atoms. The molecule has 0 unspecified atom stereocenters. The monoisotopic (exact) mass is 394 g/mol. The first-order valence-corrected chi connectivity index (χ1v) is 9.40. The molecule has 0 saturated heterocycles. The molecule has 1 fully saturated rings. The Balaban J connectivity index is 0.00000243. The van der Waals surface area contributed by atoms with Gasteiger partial charge in [-0.3, -0.25) is 9.59 Å². The van der Waals surface area contributed by atoms with Gasteiger partial charge in [-0.2, -0.15) is 0 Å². The Morgan fingerprint density at radius 1 is 1.12 bits per heavy atom. The van der Waals surface area contributed by atoms with E-state index in [1.807, 2.05) is 0 Å². The molecule has 2 amide bonds. The topological polar surface area (TPSA) is 97.1 Å². The van der Waals surface area contributed by atoms with Crippen molar-refractivity contribution < 1.29 is 9.59 Å². The van der Waals surface area contributed by atoms with Crippen LogP contribution in [-0.4, -0.2) is 22.8 Å². The van der Waals surface area contributed by atoms with Crippen LogP contribution in [0.5, 0.6) is 0 Å². The van der Waals surface area contributed by atoms with Gasteiger partial charge in [-0.25, -0.2) is 4.98 Å². The highest BCUT2D eigenvalue weighted by molar-refractivity contribution is 7.09. The van der Waals surface area contributed by atoms with Crippen molar-refractivity contribution in [3.63, 3.8) is 0 Å². The maximum atomic E-state index is 12.3. The van der Waals surface area contributed by atoms with Crippen LogP contribution in [0, 0.1) is 0 Å². The lowest BCUT2D eigenvalue weighted by Gasteiger charge is -2.22. The minimum absolute atomic E-state index is 0. The number of nitrogens with zero attached hydrogens (tertiary/aromatic N) is 1. The second kappa shape index (κ2) is 9.66. The Morgan fingerprint density at radius 2 is 1.81 bits per heavy atom. The summed E-state index contributed by atoms with van der Waals surface area (Å²) < 4.78 is 0. The van der Waals surface area contributed by atoms with Crippen molar-refractivity contribution in [3.05, 3.63) is 45.9 Å². The van der Waals surface area contributed by atoms with Crippen molar-refractivity contribution in [2.75, 3.05) is 5.32 Å². The Bertz CT molecular complexity index is 742. The van der Waals surface area contributed by atoms with Crippen molar-refractivity contribution in [2.24, 2.45) is 5.73 Å². The summed E-state index contributed by atoms with van der Waals surface area (Å²) in [6.45, 7) is 0.322. The normalized spacial score (nSPS) is 14.3. The first-order valence-electron chi connectivity index (χ1n) is 8.52. The number of anilines is 1. The lowest BCUT2D eigenvalue weighted by Crippen LogP contribution is -2.36. The zero-order valence-corrected chi connectivity index (χ0v) is 16.0. The molecule has 8 heteroatoms.